The molecule has 7 aromatic carbocycles. The van der Waals surface area contributed by atoms with Gasteiger partial charge in [0.1, 0.15) is 11.6 Å². The van der Waals surface area contributed by atoms with Gasteiger partial charge in [0.05, 0.1) is 41.7 Å². The second kappa shape index (κ2) is 20.2. The van der Waals surface area contributed by atoms with Gasteiger partial charge in [0, 0.05) is 83.3 Å². The Balaban J connectivity index is 1.24. The van der Waals surface area contributed by atoms with Crippen molar-refractivity contribution in [2.75, 3.05) is 4.90 Å². The zero-order chi connectivity index (χ0) is 93.9. The molecule has 0 unspecified atom stereocenters. The molecule has 0 amide bonds. The van der Waals surface area contributed by atoms with Gasteiger partial charge in [0.25, 0.3) is 6.33 Å². The van der Waals surface area contributed by atoms with Gasteiger partial charge in [-0.3, -0.25) is 18.6 Å². The number of imidazole rings is 1. The largest absolute Gasteiger partial charge is 0.295 e. The first-order chi connectivity index (χ1) is 56.6. The maximum Gasteiger partial charge on any atom is 0.269 e. The lowest BCUT2D eigenvalue weighted by molar-refractivity contribution is -0.571. The molecule has 6 heteroatoms. The van der Waals surface area contributed by atoms with Crippen molar-refractivity contribution in [2.24, 2.45) is 0 Å². The zero-order valence-electron chi connectivity index (χ0n) is 87.5. The van der Waals surface area contributed by atoms with Crippen molar-refractivity contribution in [3.8, 4) is 39.4 Å². The lowest BCUT2D eigenvalue weighted by Gasteiger charge is -2.42. The molecule has 13 rings (SSSR count). The van der Waals surface area contributed by atoms with Crippen LogP contribution < -0.4 is 9.47 Å². The van der Waals surface area contributed by atoms with Crippen LogP contribution in [0.3, 0.4) is 0 Å². The predicted molar refractivity (Wildman–Crippen MR) is 366 cm³/mol. The summed E-state index contributed by atoms with van der Waals surface area (Å²) >= 11 is 0. The van der Waals surface area contributed by atoms with Crippen LogP contribution >= 0.6 is 0 Å². The van der Waals surface area contributed by atoms with Gasteiger partial charge in [0.2, 0.25) is 0 Å². The van der Waals surface area contributed by atoms with Crippen LogP contribution in [0.1, 0.15) is 234 Å². The highest BCUT2D eigenvalue weighted by molar-refractivity contribution is 6.10. The Hall–Kier alpha value is -8.09. The van der Waals surface area contributed by atoms with Crippen LogP contribution in [0.5, 0.6) is 0 Å². The molecule has 442 valence electrons. The molecular formula is C81H88N6. The fourth-order valence-corrected chi connectivity index (χ4v) is 11.4. The van der Waals surface area contributed by atoms with Crippen LogP contribution in [0.2, 0.25) is 0 Å². The average molecular weight is 1180 g/mol. The third-order valence-corrected chi connectivity index (χ3v) is 16.1. The molecule has 0 atom stereocenters. The Morgan fingerprint density at radius 2 is 1.09 bits per heavy atom. The molecule has 0 fully saturated rings. The van der Waals surface area contributed by atoms with E-state index in [1.807, 2.05) is 113 Å². The summed E-state index contributed by atoms with van der Waals surface area (Å²) in [4.78, 5) is 12.3. The Morgan fingerprint density at radius 1 is 0.529 bits per heavy atom. The Kier molecular flexibility index (Phi) is 6.70. The summed E-state index contributed by atoms with van der Waals surface area (Å²) in [5, 5.41) is 1.73. The average Bonchev–Trinajstić information content (AvgIpc) is 0.774. The van der Waals surface area contributed by atoms with Gasteiger partial charge in [-0.05, 0) is 174 Å². The molecule has 0 radical (unpaired) electrons. The lowest BCUT2D eigenvalue weighted by Crippen LogP contribution is -2.34. The number of para-hydroxylation sites is 4. The minimum absolute atomic E-state index is 0.0576. The van der Waals surface area contributed by atoms with E-state index >= 15 is 0 Å². The quantitative estimate of drug-likeness (QED) is 0.112. The zero-order valence-corrected chi connectivity index (χ0v) is 49.5. The van der Waals surface area contributed by atoms with Crippen LogP contribution in [0.15, 0.2) is 176 Å². The van der Waals surface area contributed by atoms with Crippen molar-refractivity contribution in [2.45, 2.75) is 181 Å². The molecule has 6 nitrogen and oxygen atoms in total. The molecule has 4 heterocycles. The number of fused-ring (bicyclic) bond motifs is 6. The number of nitrogens with zero attached hydrogens (tertiary/aromatic N) is 6. The van der Waals surface area contributed by atoms with Gasteiger partial charge in [-0.1, -0.05) is 226 Å². The number of hydrogen-bond donors (Lipinski definition) is 0. The summed E-state index contributed by atoms with van der Waals surface area (Å²) in [6.07, 6.45) is -14.4. The van der Waals surface area contributed by atoms with E-state index in [1.165, 1.54) is 28.8 Å². The van der Waals surface area contributed by atoms with Crippen LogP contribution in [-0.2, 0) is 37.9 Å². The van der Waals surface area contributed by atoms with E-state index in [4.69, 9.17) is 26.4 Å². The third-order valence-electron chi connectivity index (χ3n) is 16.1. The molecule has 2 aliphatic carbocycles. The first-order valence-electron chi connectivity index (χ1n) is 47.4. The highest BCUT2D eigenvalue weighted by Crippen LogP contribution is 2.50. The maximum absolute atomic E-state index is 10.6. The number of pyridine rings is 2. The summed E-state index contributed by atoms with van der Waals surface area (Å²) < 4.78 is 362. The van der Waals surface area contributed by atoms with Gasteiger partial charge in [-0.25, -0.2) is 9.97 Å². The molecular weight excluding hydrogens is 1060 g/mol. The van der Waals surface area contributed by atoms with E-state index in [9.17, 15) is 35.6 Å². The van der Waals surface area contributed by atoms with E-state index in [1.54, 1.807) is 30.5 Å². The van der Waals surface area contributed by atoms with Crippen molar-refractivity contribution in [3.63, 3.8) is 0 Å². The number of benzene rings is 7. The van der Waals surface area contributed by atoms with Crippen molar-refractivity contribution in [3.05, 3.63) is 221 Å². The van der Waals surface area contributed by atoms with Gasteiger partial charge in [0.15, 0.2) is 0 Å². The minimum Gasteiger partial charge on any atom is -0.295 e. The summed E-state index contributed by atoms with van der Waals surface area (Å²) in [5.74, 6) is 1.00. The van der Waals surface area contributed by atoms with Gasteiger partial charge >= 0.3 is 0 Å². The first kappa shape index (κ1) is 28.8. The molecule has 0 saturated heterocycles. The Bertz CT molecular complexity index is 5960. The summed E-state index contributed by atoms with van der Waals surface area (Å²) in [5.41, 5.74) is -28.1. The van der Waals surface area contributed by atoms with Gasteiger partial charge in [-0.2, -0.15) is 0 Å². The topological polar surface area (TPSA) is 42.8 Å². The van der Waals surface area contributed by atoms with Crippen LogP contribution in [0.4, 0.5) is 17.2 Å². The molecule has 0 N–H and O–H groups in total. The molecule has 87 heavy (non-hydrogen) atoms. The smallest absolute Gasteiger partial charge is 0.269 e. The maximum atomic E-state index is 10.6. The highest BCUT2D eigenvalue weighted by Gasteiger charge is 2.39. The second-order valence-electron chi connectivity index (χ2n) is 25.6. The van der Waals surface area contributed by atoms with Crippen molar-refractivity contribution < 1.29 is 56.7 Å². The van der Waals surface area contributed by atoms with E-state index in [0.717, 1.165) is 50.2 Å². The van der Waals surface area contributed by atoms with Crippen LogP contribution in [0, 0.1) is 6.33 Å². The number of rotatable bonds is 8. The fourth-order valence-electron chi connectivity index (χ4n) is 11.4. The number of anilines is 3. The van der Waals surface area contributed by atoms with Crippen LogP contribution in [0.25, 0.3) is 72.3 Å². The lowest BCUT2D eigenvalue weighted by atomic mass is 9.62. The van der Waals surface area contributed by atoms with E-state index < -0.39 is 199 Å². The molecule has 0 spiro atoms. The Morgan fingerprint density at radius 3 is 1.70 bits per heavy atom. The standard InChI is InChI=1S/C81H88N6/c1-75(2,3)54-38-43-82-72(47-54)87-67-29-19-18-26-61(67)62-35-34-58(50-70(62)87)86(73-48-55(76(4,5)6)46-71(83-73)77(7,8)9)57-25-22-24-56(49-57)84-51-85(69-31-21-20-30-68(69)84)74-59(52-32-36-63-65(44-52)80(14,15)41-39-78(63,10)11)27-23-28-60(74)53-33-37-64-66(45-53)81(16,17)42-40-79(64,12)13/h18-38,43-50H,39-42H2,1-17H3/i10D3,11D3,12D3,13D3,14D3,15D3,16D3,17D3,32D,33D,36D,37D,39D2,40D2,41D2,42D2,44D,45D. The normalized spacial score (nSPS) is 26.2. The summed E-state index contributed by atoms with van der Waals surface area (Å²) in [6, 6.07) is 26.6. The Labute approximate surface area is 571 Å². The van der Waals surface area contributed by atoms with Crippen molar-refractivity contribution in [1.29, 1.82) is 0 Å². The van der Waals surface area contributed by atoms with E-state index in [-0.39, 0.29) is 22.1 Å². The SMILES string of the molecule is [2H]c1c([2H])c2c(c([2H])c1-c1cccc(-c3c([2H])c([2H])c4c(c3[2H])C(C([2H])([2H])[2H])(C([2H])([2H])[2H])C([2H])([2H])C([2H])([2H])C4(C([2H])([2H])[2H])C([2H])([2H])[2H])c1-[n+]1[c-]n(-c3cccc(N(c4ccc5c6ccccc6n(-c6cc(C(C)(C)C)ccn6)c5c4)c4cc(C(C)(C)C)cc(C(C)(C)C)n4)c3)c3ccccc31)C(C([2H])([2H])[2H])(C([2H])([2H])[2H])C([2H])([2H])C([2H])([2H])C2(C([2H])([2H])[2H])C([2H])([2H])[2H]. The second-order valence-corrected chi connectivity index (χ2v) is 25.6. The molecule has 0 bridgehead atoms. The van der Waals surface area contributed by atoms with Crippen molar-refractivity contribution in [1.82, 2.24) is 19.1 Å². The first-order valence-corrected chi connectivity index (χ1v) is 28.4. The molecule has 2 aliphatic rings. The van der Waals surface area contributed by atoms with E-state index in [2.05, 4.69) is 31.7 Å². The number of hydrogen-bond acceptors (Lipinski definition) is 3. The summed E-state index contributed by atoms with van der Waals surface area (Å²) in [7, 11) is 0. The summed E-state index contributed by atoms with van der Waals surface area (Å²) in [6.45, 7) is -18.1. The molecule has 11 aromatic rings. The van der Waals surface area contributed by atoms with Crippen LogP contribution in [-0.4, -0.2) is 19.1 Å². The van der Waals surface area contributed by atoms with E-state index in [0.29, 0.717) is 34.2 Å². The fraction of sp³-hybridized carbons (Fsp3) is 0.346. The third kappa shape index (κ3) is 10.1. The molecule has 4 aromatic heterocycles. The minimum atomic E-state index is -4.87. The monoisotopic (exact) mass is 1180 g/mol. The molecule has 0 aliphatic heterocycles. The predicted octanol–water partition coefficient (Wildman–Crippen LogP) is 21.0. The highest BCUT2D eigenvalue weighted by atomic mass is 15.2. The number of aromatic nitrogens is 5. The van der Waals surface area contributed by atoms with Gasteiger partial charge < -0.3 is 0 Å². The van der Waals surface area contributed by atoms with Gasteiger partial charge in [-0.15, -0.1) is 0 Å². The van der Waals surface area contributed by atoms with Crippen molar-refractivity contribution >= 4 is 50.0 Å². The molecule has 0 saturated carbocycles.